The average molecular weight is 576 g/mol. The second-order valence-electron chi connectivity index (χ2n) is 10.4. The minimum atomic E-state index is -0.636. The van der Waals surface area contributed by atoms with Crippen molar-refractivity contribution >= 4 is 34.5 Å². The zero-order chi connectivity index (χ0) is 30.3. The van der Waals surface area contributed by atoms with Gasteiger partial charge in [-0.1, -0.05) is 62.2 Å². The van der Waals surface area contributed by atoms with Crippen LogP contribution in [0.25, 0.3) is 11.0 Å². The number of nitrogens with one attached hydrogen (secondary N) is 2. The van der Waals surface area contributed by atoms with Crippen LogP contribution in [0.2, 0.25) is 0 Å². The SMILES string of the molecule is CCCCC/C=C\C1CC1C(=O)O.NC(=O)C1CCCN1C(=O)CNc1ccccc1.O=c1cnc2ccccc2[nH]1. The molecule has 224 valence electrons. The molecule has 2 aromatic carbocycles. The first-order valence-corrected chi connectivity index (χ1v) is 14.5. The Hall–Kier alpha value is -4.47. The number of carboxylic acids is 1. The Kier molecular flexibility index (Phi) is 12.8. The summed E-state index contributed by atoms with van der Waals surface area (Å²) in [5, 5.41) is 11.7. The fourth-order valence-electron chi connectivity index (χ4n) is 4.68. The zero-order valence-electron chi connectivity index (χ0n) is 24.1. The molecule has 2 heterocycles. The first kappa shape index (κ1) is 32.0. The number of hydrogen-bond acceptors (Lipinski definition) is 6. The summed E-state index contributed by atoms with van der Waals surface area (Å²) in [6.45, 7) is 2.99. The number of carbonyl (C=O) groups excluding carboxylic acids is 2. The Morgan fingerprint density at radius 2 is 1.86 bits per heavy atom. The molecule has 10 heteroatoms. The van der Waals surface area contributed by atoms with Crippen LogP contribution in [0.1, 0.15) is 51.9 Å². The molecule has 0 bridgehead atoms. The Bertz CT molecular complexity index is 1390. The van der Waals surface area contributed by atoms with Gasteiger partial charge in [-0.15, -0.1) is 0 Å². The molecule has 2 fully saturated rings. The molecule has 1 aliphatic carbocycles. The van der Waals surface area contributed by atoms with Crippen molar-refractivity contribution < 1.29 is 19.5 Å². The maximum Gasteiger partial charge on any atom is 0.307 e. The van der Waals surface area contributed by atoms with E-state index in [2.05, 4.69) is 34.4 Å². The van der Waals surface area contributed by atoms with E-state index in [4.69, 9.17) is 10.8 Å². The van der Waals surface area contributed by atoms with Crippen molar-refractivity contribution in [1.29, 1.82) is 0 Å². The number of benzene rings is 2. The van der Waals surface area contributed by atoms with E-state index in [9.17, 15) is 19.2 Å². The fraction of sp³-hybridized carbons (Fsp3) is 0.406. The van der Waals surface area contributed by atoms with E-state index in [0.29, 0.717) is 18.9 Å². The number of nitrogens with zero attached hydrogens (tertiary/aromatic N) is 2. The quantitative estimate of drug-likeness (QED) is 0.207. The number of aliphatic carboxylic acids is 1. The van der Waals surface area contributed by atoms with Gasteiger partial charge in [0.25, 0.3) is 5.56 Å². The highest BCUT2D eigenvalue weighted by molar-refractivity contribution is 5.89. The van der Waals surface area contributed by atoms with E-state index in [-0.39, 0.29) is 23.9 Å². The predicted molar refractivity (Wildman–Crippen MR) is 164 cm³/mol. The highest BCUT2D eigenvalue weighted by atomic mass is 16.4. The molecule has 3 atom stereocenters. The van der Waals surface area contributed by atoms with E-state index in [1.807, 2.05) is 54.6 Å². The summed E-state index contributed by atoms with van der Waals surface area (Å²) < 4.78 is 0. The molecule has 1 saturated heterocycles. The number of nitrogens with two attached hydrogens (primary N) is 1. The van der Waals surface area contributed by atoms with Gasteiger partial charge in [0, 0.05) is 12.2 Å². The minimum absolute atomic E-state index is 0.0811. The van der Waals surface area contributed by atoms with Crippen molar-refractivity contribution in [2.24, 2.45) is 17.6 Å². The van der Waals surface area contributed by atoms with Crippen molar-refractivity contribution in [1.82, 2.24) is 14.9 Å². The van der Waals surface area contributed by atoms with E-state index in [0.717, 1.165) is 36.0 Å². The van der Waals surface area contributed by atoms with Crippen LogP contribution in [0, 0.1) is 11.8 Å². The number of para-hydroxylation sites is 3. The van der Waals surface area contributed by atoms with Gasteiger partial charge in [0.15, 0.2) is 0 Å². The zero-order valence-corrected chi connectivity index (χ0v) is 24.1. The van der Waals surface area contributed by atoms with Crippen molar-refractivity contribution in [2.75, 3.05) is 18.4 Å². The van der Waals surface area contributed by atoms with E-state index in [1.165, 1.54) is 25.5 Å². The standard InChI is InChI=1S/C13H17N3O2.C11H18O2.C8H6N2O/c14-13(18)11-7-4-8-16(11)12(17)9-15-10-5-2-1-3-6-10;1-2-3-4-5-6-7-9-8-10(9)11(12)13;11-8-5-9-6-3-1-2-4-7(6)10-8/h1-3,5-6,11,15H,4,7-9H2,(H2,14,18);6-7,9-10H,2-5,8H2,1H3,(H,12,13);1-5H,(H,10,11)/b;7-6-;. The number of amides is 2. The molecular weight excluding hydrogens is 534 g/mol. The molecule has 1 saturated carbocycles. The second kappa shape index (κ2) is 16.7. The summed E-state index contributed by atoms with van der Waals surface area (Å²) in [5.41, 5.74) is 7.60. The smallest absolute Gasteiger partial charge is 0.307 e. The van der Waals surface area contributed by atoms with Crippen LogP contribution in [0.4, 0.5) is 5.69 Å². The number of hydrogen-bond donors (Lipinski definition) is 4. The first-order chi connectivity index (χ1) is 20.3. The Morgan fingerprint density at radius 1 is 1.12 bits per heavy atom. The number of primary amides is 1. The van der Waals surface area contributed by atoms with Crippen LogP contribution in [-0.4, -0.2) is 56.9 Å². The van der Waals surface area contributed by atoms with Gasteiger partial charge in [-0.2, -0.15) is 0 Å². The van der Waals surface area contributed by atoms with Crippen LogP contribution in [0.15, 0.2) is 77.7 Å². The van der Waals surface area contributed by atoms with E-state index < -0.39 is 17.9 Å². The molecule has 1 aromatic heterocycles. The maximum absolute atomic E-state index is 12.0. The Balaban J connectivity index is 0.000000179. The molecule has 1 aliphatic heterocycles. The van der Waals surface area contributed by atoms with Crippen LogP contribution < -0.4 is 16.6 Å². The third-order valence-corrected chi connectivity index (χ3v) is 7.12. The molecule has 5 N–H and O–H groups in total. The number of carboxylic acid groups (broad SMARTS) is 1. The lowest BCUT2D eigenvalue weighted by Gasteiger charge is -2.22. The predicted octanol–water partition coefficient (Wildman–Crippen LogP) is 4.34. The lowest BCUT2D eigenvalue weighted by Crippen LogP contribution is -2.45. The topological polar surface area (TPSA) is 158 Å². The van der Waals surface area contributed by atoms with Crippen molar-refractivity contribution in [3.05, 3.63) is 83.3 Å². The van der Waals surface area contributed by atoms with Gasteiger partial charge in [-0.05, 0) is 62.3 Å². The number of rotatable bonds is 10. The van der Waals surface area contributed by atoms with Gasteiger partial charge in [0.05, 0.1) is 29.7 Å². The molecule has 2 amide bonds. The number of carbonyl (C=O) groups is 3. The molecular formula is C32H41N5O5. The molecule has 3 aromatic rings. The van der Waals surface area contributed by atoms with Crippen molar-refractivity contribution in [2.45, 2.75) is 57.9 Å². The number of allylic oxidation sites excluding steroid dienone is 2. The summed E-state index contributed by atoms with van der Waals surface area (Å²) in [6.07, 6.45) is 12.7. The Morgan fingerprint density at radius 3 is 2.55 bits per heavy atom. The highest BCUT2D eigenvalue weighted by Gasteiger charge is 2.40. The van der Waals surface area contributed by atoms with Gasteiger partial charge < -0.3 is 26.0 Å². The van der Waals surface area contributed by atoms with E-state index in [1.54, 1.807) is 4.90 Å². The number of aromatic nitrogens is 2. The number of H-pyrrole nitrogens is 1. The highest BCUT2D eigenvalue weighted by Crippen LogP contribution is 2.39. The third kappa shape index (κ3) is 10.5. The van der Waals surface area contributed by atoms with Crippen LogP contribution in [0.5, 0.6) is 0 Å². The van der Waals surface area contributed by atoms with Gasteiger partial charge in [0.2, 0.25) is 11.8 Å². The summed E-state index contributed by atoms with van der Waals surface area (Å²) >= 11 is 0. The molecule has 0 spiro atoms. The summed E-state index contributed by atoms with van der Waals surface area (Å²) in [4.78, 5) is 52.6. The third-order valence-electron chi connectivity index (χ3n) is 7.12. The van der Waals surface area contributed by atoms with Crippen LogP contribution >= 0.6 is 0 Å². The number of likely N-dealkylation sites (tertiary alicyclic amines) is 1. The number of unbranched alkanes of at least 4 members (excludes halogenated alkanes) is 3. The van der Waals surface area contributed by atoms with Gasteiger partial charge in [0.1, 0.15) is 6.04 Å². The molecule has 10 nitrogen and oxygen atoms in total. The normalized spacial score (nSPS) is 18.9. The lowest BCUT2D eigenvalue weighted by molar-refractivity contribution is -0.138. The largest absolute Gasteiger partial charge is 0.481 e. The molecule has 0 radical (unpaired) electrons. The molecule has 42 heavy (non-hydrogen) atoms. The molecule has 3 unspecified atom stereocenters. The number of fused-ring (bicyclic) bond motifs is 1. The molecule has 2 aliphatic rings. The second-order valence-corrected chi connectivity index (χ2v) is 10.4. The van der Waals surface area contributed by atoms with Crippen LogP contribution in [-0.2, 0) is 14.4 Å². The van der Waals surface area contributed by atoms with Crippen molar-refractivity contribution in [3.8, 4) is 0 Å². The van der Waals surface area contributed by atoms with Gasteiger partial charge >= 0.3 is 5.97 Å². The van der Waals surface area contributed by atoms with Crippen molar-refractivity contribution in [3.63, 3.8) is 0 Å². The van der Waals surface area contributed by atoms with E-state index >= 15 is 0 Å². The van der Waals surface area contributed by atoms with Gasteiger partial charge in [-0.25, -0.2) is 4.98 Å². The van der Waals surface area contributed by atoms with Crippen LogP contribution in [0.3, 0.4) is 0 Å². The monoisotopic (exact) mass is 575 g/mol. The maximum atomic E-state index is 12.0. The average Bonchev–Trinajstić information content (AvgIpc) is 3.60. The summed E-state index contributed by atoms with van der Waals surface area (Å²) in [5.74, 6) is -0.884. The summed E-state index contributed by atoms with van der Waals surface area (Å²) in [7, 11) is 0. The number of aromatic amines is 1. The minimum Gasteiger partial charge on any atom is -0.481 e. The molecule has 5 rings (SSSR count). The lowest BCUT2D eigenvalue weighted by atomic mass is 10.2. The fourth-order valence-corrected chi connectivity index (χ4v) is 4.68. The van der Waals surface area contributed by atoms with Gasteiger partial charge in [-0.3, -0.25) is 19.2 Å². The number of anilines is 1. The summed E-state index contributed by atoms with van der Waals surface area (Å²) in [6, 6.07) is 16.5. The Labute approximate surface area is 246 Å². The first-order valence-electron chi connectivity index (χ1n) is 14.5.